The Morgan fingerprint density at radius 3 is 2.70 bits per heavy atom. The zero-order valence-corrected chi connectivity index (χ0v) is 13.0. The van der Waals surface area contributed by atoms with Crippen molar-refractivity contribution < 1.29 is 4.79 Å². The third-order valence-electron chi connectivity index (χ3n) is 3.48. The molecular weight excluding hydrogens is 270 g/mol. The maximum Gasteiger partial charge on any atom is 0.235 e. The number of rotatable bonds is 3. The van der Waals surface area contributed by atoms with E-state index >= 15 is 0 Å². The summed E-state index contributed by atoms with van der Waals surface area (Å²) in [5, 5.41) is 9.73. The number of pyridine rings is 1. The predicted octanol–water partition coefficient (Wildman–Crippen LogP) is 2.67. The Morgan fingerprint density at radius 2 is 2.10 bits per heavy atom. The van der Waals surface area contributed by atoms with Gasteiger partial charge in [0.1, 0.15) is 11.1 Å². The molecule has 20 heavy (non-hydrogen) atoms. The zero-order valence-electron chi connectivity index (χ0n) is 12.1. The minimum absolute atomic E-state index is 0.150. The largest absolute Gasteiger partial charge is 0.342 e. The molecule has 2 rings (SSSR count). The molecule has 2 heterocycles. The van der Waals surface area contributed by atoms with Gasteiger partial charge in [-0.3, -0.25) is 4.79 Å². The van der Waals surface area contributed by atoms with Gasteiger partial charge in [-0.15, -0.1) is 0 Å². The number of aromatic nitrogens is 1. The molecule has 1 aliphatic rings. The molecule has 1 saturated heterocycles. The molecule has 4 nitrogen and oxygen atoms in total. The van der Waals surface area contributed by atoms with Crippen molar-refractivity contribution >= 4 is 17.7 Å². The van der Waals surface area contributed by atoms with Crippen molar-refractivity contribution in [3.8, 4) is 6.07 Å². The first-order valence-electron chi connectivity index (χ1n) is 6.86. The van der Waals surface area contributed by atoms with Crippen LogP contribution in [0.4, 0.5) is 0 Å². The summed E-state index contributed by atoms with van der Waals surface area (Å²) in [4.78, 5) is 18.6. The van der Waals surface area contributed by atoms with Gasteiger partial charge in [0.25, 0.3) is 0 Å². The van der Waals surface area contributed by atoms with Crippen molar-refractivity contribution in [1.29, 1.82) is 5.26 Å². The first-order valence-corrected chi connectivity index (χ1v) is 7.74. The summed E-state index contributed by atoms with van der Waals surface area (Å²) in [6.07, 6.45) is 2.18. The summed E-state index contributed by atoms with van der Waals surface area (Å²) < 4.78 is 0. The third kappa shape index (κ3) is 3.13. The number of amides is 1. The van der Waals surface area contributed by atoms with Gasteiger partial charge >= 0.3 is 0 Å². The second-order valence-electron chi connectivity index (χ2n) is 5.16. The number of aryl methyl sites for hydroxylation is 2. The number of hydrogen-bond donors (Lipinski definition) is 0. The van der Waals surface area contributed by atoms with Crippen LogP contribution in [0.2, 0.25) is 0 Å². The summed E-state index contributed by atoms with van der Waals surface area (Å²) in [7, 11) is 0. The van der Waals surface area contributed by atoms with Gasteiger partial charge in [0.2, 0.25) is 5.91 Å². The zero-order chi connectivity index (χ0) is 14.7. The molecule has 1 aromatic rings. The number of thioether (sulfide) groups is 1. The Hall–Kier alpha value is -1.54. The van der Waals surface area contributed by atoms with Crippen LogP contribution in [-0.2, 0) is 4.79 Å². The molecule has 1 aromatic heterocycles. The van der Waals surface area contributed by atoms with Crippen LogP contribution in [0.3, 0.4) is 0 Å². The van der Waals surface area contributed by atoms with E-state index < -0.39 is 0 Å². The van der Waals surface area contributed by atoms with Gasteiger partial charge in [-0.1, -0.05) is 11.8 Å². The molecule has 0 spiro atoms. The molecule has 1 atom stereocenters. The number of carbonyl (C=O) groups is 1. The van der Waals surface area contributed by atoms with Gasteiger partial charge in [-0.2, -0.15) is 5.26 Å². The molecule has 0 N–H and O–H groups in total. The van der Waals surface area contributed by atoms with Crippen LogP contribution in [0.25, 0.3) is 0 Å². The van der Waals surface area contributed by atoms with Crippen molar-refractivity contribution in [3.63, 3.8) is 0 Å². The smallest absolute Gasteiger partial charge is 0.235 e. The van der Waals surface area contributed by atoms with Crippen molar-refractivity contribution in [2.45, 2.75) is 43.9 Å². The Labute approximate surface area is 124 Å². The quantitative estimate of drug-likeness (QED) is 0.803. The van der Waals surface area contributed by atoms with Crippen molar-refractivity contribution in [3.05, 3.63) is 22.9 Å². The minimum Gasteiger partial charge on any atom is -0.342 e. The van der Waals surface area contributed by atoms with Crippen LogP contribution in [-0.4, -0.2) is 34.1 Å². The highest BCUT2D eigenvalue weighted by Gasteiger charge is 2.25. The number of carbonyl (C=O) groups excluding carboxylic acids is 1. The van der Waals surface area contributed by atoms with E-state index in [1.54, 1.807) is 0 Å². The number of nitriles is 1. The molecule has 1 aliphatic heterocycles. The lowest BCUT2D eigenvalue weighted by molar-refractivity contribution is -0.129. The van der Waals surface area contributed by atoms with Crippen molar-refractivity contribution in [2.24, 2.45) is 0 Å². The fraction of sp³-hybridized carbons (Fsp3) is 0.533. The van der Waals surface area contributed by atoms with Gasteiger partial charge in [-0.05, 0) is 45.2 Å². The molecule has 0 aromatic carbocycles. The summed E-state index contributed by atoms with van der Waals surface area (Å²) in [5.41, 5.74) is 2.38. The first-order chi connectivity index (χ1) is 9.52. The van der Waals surface area contributed by atoms with Gasteiger partial charge in [0.05, 0.1) is 10.8 Å². The SMILES string of the molecule is Cc1cc(C)c(C#N)c(S[C@@H](C)C(=O)N2CCCC2)n1. The summed E-state index contributed by atoms with van der Waals surface area (Å²) >= 11 is 1.39. The Balaban J connectivity index is 2.17. The fourth-order valence-electron chi connectivity index (χ4n) is 2.44. The second-order valence-corrected chi connectivity index (χ2v) is 6.49. The number of likely N-dealkylation sites (tertiary alicyclic amines) is 1. The van der Waals surface area contributed by atoms with E-state index in [4.69, 9.17) is 0 Å². The van der Waals surface area contributed by atoms with Crippen LogP contribution >= 0.6 is 11.8 Å². The maximum atomic E-state index is 12.3. The molecule has 1 amide bonds. The first kappa shape index (κ1) is 14.9. The lowest BCUT2D eigenvalue weighted by Gasteiger charge is -2.20. The molecule has 0 unspecified atom stereocenters. The van der Waals surface area contributed by atoms with E-state index in [1.807, 2.05) is 31.7 Å². The van der Waals surface area contributed by atoms with Gasteiger partial charge < -0.3 is 4.90 Å². The van der Waals surface area contributed by atoms with Crippen molar-refractivity contribution in [1.82, 2.24) is 9.88 Å². The Bertz CT molecular complexity index is 559. The molecular formula is C15H19N3OS. The molecule has 106 valence electrons. The molecule has 5 heteroatoms. The highest BCUT2D eigenvalue weighted by atomic mass is 32.2. The van der Waals surface area contributed by atoms with E-state index in [2.05, 4.69) is 11.1 Å². The van der Waals surface area contributed by atoms with Gasteiger partial charge in [-0.25, -0.2) is 4.98 Å². The van der Waals surface area contributed by atoms with Crippen LogP contribution in [0.1, 0.15) is 36.6 Å². The van der Waals surface area contributed by atoms with E-state index in [1.165, 1.54) is 11.8 Å². The Morgan fingerprint density at radius 1 is 1.45 bits per heavy atom. The summed E-state index contributed by atoms with van der Waals surface area (Å²) in [6, 6.07) is 4.10. The van der Waals surface area contributed by atoms with Crippen molar-refractivity contribution in [2.75, 3.05) is 13.1 Å². The molecule has 0 aliphatic carbocycles. The maximum absolute atomic E-state index is 12.3. The Kier molecular flexibility index (Phi) is 4.66. The number of nitrogens with zero attached hydrogens (tertiary/aromatic N) is 3. The van der Waals surface area contributed by atoms with Gasteiger partial charge in [0.15, 0.2) is 0 Å². The molecule has 0 radical (unpaired) electrons. The molecule has 0 saturated carbocycles. The standard InChI is InChI=1S/C15H19N3OS/c1-10-8-11(2)17-14(13(10)9-16)20-12(3)15(19)18-6-4-5-7-18/h8,12H,4-7H2,1-3H3/t12-/m0/s1. The van der Waals surface area contributed by atoms with Gasteiger partial charge in [0, 0.05) is 18.8 Å². The topological polar surface area (TPSA) is 57.0 Å². The van der Waals surface area contributed by atoms with Crippen LogP contribution < -0.4 is 0 Å². The second kappa shape index (κ2) is 6.27. The van der Waals surface area contributed by atoms with E-state index in [0.717, 1.165) is 37.2 Å². The van der Waals surface area contributed by atoms with E-state index in [0.29, 0.717) is 10.6 Å². The van der Waals surface area contributed by atoms with Crippen LogP contribution in [0, 0.1) is 25.2 Å². The minimum atomic E-state index is -0.200. The predicted molar refractivity (Wildman–Crippen MR) is 79.6 cm³/mol. The van der Waals surface area contributed by atoms with Crippen LogP contribution in [0.15, 0.2) is 11.1 Å². The average molecular weight is 289 g/mol. The highest BCUT2D eigenvalue weighted by Crippen LogP contribution is 2.28. The lowest BCUT2D eigenvalue weighted by atomic mass is 10.1. The average Bonchev–Trinajstić information content (AvgIpc) is 2.91. The number of hydrogen-bond acceptors (Lipinski definition) is 4. The van der Waals surface area contributed by atoms with E-state index in [-0.39, 0.29) is 11.2 Å². The third-order valence-corrected chi connectivity index (χ3v) is 4.55. The molecule has 0 bridgehead atoms. The molecule has 1 fully saturated rings. The summed E-state index contributed by atoms with van der Waals surface area (Å²) in [6.45, 7) is 7.42. The monoisotopic (exact) mass is 289 g/mol. The highest BCUT2D eigenvalue weighted by molar-refractivity contribution is 8.00. The summed E-state index contributed by atoms with van der Waals surface area (Å²) in [5.74, 6) is 0.150. The van der Waals surface area contributed by atoms with E-state index in [9.17, 15) is 10.1 Å². The van der Waals surface area contributed by atoms with Crippen LogP contribution in [0.5, 0.6) is 0 Å². The fourth-order valence-corrected chi connectivity index (χ4v) is 3.54. The normalized spacial score (nSPS) is 16.0. The lowest BCUT2D eigenvalue weighted by Crippen LogP contribution is -2.34.